The molecule has 1 N–H and O–H groups in total. The largest absolute Gasteiger partial charge is 0.352 e. The molecular formula is C16H22N4. The number of rotatable bonds is 4. The van der Waals surface area contributed by atoms with Crippen LogP contribution in [0.25, 0.3) is 0 Å². The summed E-state index contributed by atoms with van der Waals surface area (Å²) in [5, 5.41) is 3.49. The summed E-state index contributed by atoms with van der Waals surface area (Å²) in [6.45, 7) is 4.96. The number of hydrogen-bond donors (Lipinski definition) is 1. The molecule has 0 unspecified atom stereocenters. The van der Waals surface area contributed by atoms with Gasteiger partial charge >= 0.3 is 0 Å². The first kappa shape index (κ1) is 13.2. The van der Waals surface area contributed by atoms with Crippen LogP contribution >= 0.6 is 0 Å². The zero-order valence-corrected chi connectivity index (χ0v) is 12.3. The van der Waals surface area contributed by atoms with Gasteiger partial charge in [-0.2, -0.15) is 0 Å². The first-order chi connectivity index (χ1) is 9.74. The van der Waals surface area contributed by atoms with Gasteiger partial charge in [0.05, 0.1) is 5.69 Å². The van der Waals surface area contributed by atoms with Crippen LogP contribution in [0.1, 0.15) is 48.5 Å². The molecule has 0 aromatic carbocycles. The summed E-state index contributed by atoms with van der Waals surface area (Å²) >= 11 is 0. The van der Waals surface area contributed by atoms with Crippen molar-refractivity contribution in [1.29, 1.82) is 0 Å². The SMILES string of the molecule is Cc1cn(C2CCCC2)c(NCc2ccncc2C)n1. The molecule has 1 aliphatic carbocycles. The van der Waals surface area contributed by atoms with Crippen molar-refractivity contribution >= 4 is 5.95 Å². The molecule has 0 saturated heterocycles. The molecule has 20 heavy (non-hydrogen) atoms. The Morgan fingerprint density at radius 2 is 2.10 bits per heavy atom. The third-order valence-corrected chi connectivity index (χ3v) is 4.14. The van der Waals surface area contributed by atoms with Crippen LogP contribution in [0.2, 0.25) is 0 Å². The molecule has 2 heterocycles. The summed E-state index contributed by atoms with van der Waals surface area (Å²) in [6.07, 6.45) is 11.2. The molecule has 106 valence electrons. The number of imidazole rings is 1. The van der Waals surface area contributed by atoms with E-state index in [0.717, 1.165) is 18.2 Å². The molecule has 1 aliphatic rings. The summed E-state index contributed by atoms with van der Waals surface area (Å²) in [5.41, 5.74) is 3.58. The zero-order valence-electron chi connectivity index (χ0n) is 12.3. The van der Waals surface area contributed by atoms with Crippen LogP contribution in [0.3, 0.4) is 0 Å². The van der Waals surface area contributed by atoms with E-state index >= 15 is 0 Å². The molecule has 2 aromatic heterocycles. The molecule has 4 nitrogen and oxygen atoms in total. The van der Waals surface area contributed by atoms with Crippen LogP contribution in [0.4, 0.5) is 5.95 Å². The Balaban J connectivity index is 1.75. The highest BCUT2D eigenvalue weighted by Crippen LogP contribution is 2.32. The fourth-order valence-electron chi connectivity index (χ4n) is 2.98. The van der Waals surface area contributed by atoms with Crippen molar-refractivity contribution in [2.24, 2.45) is 0 Å². The van der Waals surface area contributed by atoms with Gasteiger partial charge in [0, 0.05) is 31.2 Å². The predicted molar refractivity (Wildman–Crippen MR) is 80.8 cm³/mol. The van der Waals surface area contributed by atoms with E-state index in [1.54, 1.807) is 0 Å². The second-order valence-electron chi connectivity index (χ2n) is 5.71. The van der Waals surface area contributed by atoms with E-state index in [0.29, 0.717) is 6.04 Å². The van der Waals surface area contributed by atoms with E-state index in [2.05, 4.69) is 46.0 Å². The van der Waals surface area contributed by atoms with E-state index in [1.165, 1.54) is 36.8 Å². The van der Waals surface area contributed by atoms with Gasteiger partial charge < -0.3 is 9.88 Å². The molecule has 1 fully saturated rings. The minimum atomic E-state index is 0.622. The van der Waals surface area contributed by atoms with Gasteiger partial charge in [0.1, 0.15) is 0 Å². The molecule has 3 rings (SSSR count). The Morgan fingerprint density at radius 1 is 1.30 bits per heavy atom. The van der Waals surface area contributed by atoms with Crippen LogP contribution in [0.15, 0.2) is 24.7 Å². The van der Waals surface area contributed by atoms with Crippen molar-refractivity contribution in [2.75, 3.05) is 5.32 Å². The van der Waals surface area contributed by atoms with Gasteiger partial charge in [-0.05, 0) is 43.9 Å². The van der Waals surface area contributed by atoms with Crippen molar-refractivity contribution in [3.8, 4) is 0 Å². The average Bonchev–Trinajstić information content (AvgIpc) is 3.07. The third-order valence-electron chi connectivity index (χ3n) is 4.14. The fraction of sp³-hybridized carbons (Fsp3) is 0.500. The lowest BCUT2D eigenvalue weighted by atomic mass is 10.1. The number of aryl methyl sites for hydroxylation is 2. The molecule has 0 aliphatic heterocycles. The summed E-state index contributed by atoms with van der Waals surface area (Å²) in [5.74, 6) is 1.01. The Kier molecular flexibility index (Phi) is 3.72. The maximum atomic E-state index is 4.64. The average molecular weight is 270 g/mol. The van der Waals surface area contributed by atoms with Crippen LogP contribution in [-0.2, 0) is 6.54 Å². The van der Waals surface area contributed by atoms with Gasteiger partial charge in [-0.15, -0.1) is 0 Å². The molecule has 0 atom stereocenters. The van der Waals surface area contributed by atoms with Crippen LogP contribution in [-0.4, -0.2) is 14.5 Å². The van der Waals surface area contributed by atoms with Crippen molar-refractivity contribution in [2.45, 2.75) is 52.1 Å². The zero-order chi connectivity index (χ0) is 13.9. The maximum Gasteiger partial charge on any atom is 0.203 e. The Labute approximate surface area is 120 Å². The van der Waals surface area contributed by atoms with Crippen LogP contribution in [0, 0.1) is 13.8 Å². The van der Waals surface area contributed by atoms with Gasteiger partial charge in [-0.1, -0.05) is 12.8 Å². The summed E-state index contributed by atoms with van der Waals surface area (Å²) in [6, 6.07) is 2.69. The lowest BCUT2D eigenvalue weighted by Gasteiger charge is -2.16. The number of pyridine rings is 1. The fourth-order valence-corrected chi connectivity index (χ4v) is 2.98. The van der Waals surface area contributed by atoms with E-state index < -0.39 is 0 Å². The number of anilines is 1. The molecular weight excluding hydrogens is 248 g/mol. The van der Waals surface area contributed by atoms with Gasteiger partial charge in [0.15, 0.2) is 0 Å². The van der Waals surface area contributed by atoms with Crippen molar-refractivity contribution in [1.82, 2.24) is 14.5 Å². The summed E-state index contributed by atoms with van der Waals surface area (Å²) in [7, 11) is 0. The number of aromatic nitrogens is 3. The summed E-state index contributed by atoms with van der Waals surface area (Å²) < 4.78 is 2.33. The number of nitrogens with zero attached hydrogens (tertiary/aromatic N) is 3. The van der Waals surface area contributed by atoms with Crippen LogP contribution < -0.4 is 5.32 Å². The minimum Gasteiger partial charge on any atom is -0.352 e. The standard InChI is InChI=1S/C16H22N4/c1-12-9-17-8-7-14(12)10-18-16-19-13(2)11-20(16)15-5-3-4-6-15/h7-9,11,15H,3-6,10H2,1-2H3,(H,18,19). The minimum absolute atomic E-state index is 0.622. The lowest BCUT2D eigenvalue weighted by molar-refractivity contribution is 0.522. The van der Waals surface area contributed by atoms with Crippen LogP contribution in [0.5, 0.6) is 0 Å². The first-order valence-electron chi connectivity index (χ1n) is 7.43. The highest BCUT2D eigenvalue weighted by molar-refractivity contribution is 5.33. The smallest absolute Gasteiger partial charge is 0.203 e. The second-order valence-corrected chi connectivity index (χ2v) is 5.71. The quantitative estimate of drug-likeness (QED) is 0.922. The maximum absolute atomic E-state index is 4.64. The Bertz CT molecular complexity index is 582. The van der Waals surface area contributed by atoms with Gasteiger partial charge in [0.2, 0.25) is 5.95 Å². The number of hydrogen-bond acceptors (Lipinski definition) is 3. The van der Waals surface area contributed by atoms with E-state index in [4.69, 9.17) is 0 Å². The van der Waals surface area contributed by atoms with Gasteiger partial charge in [-0.25, -0.2) is 4.98 Å². The monoisotopic (exact) mass is 270 g/mol. The molecule has 4 heteroatoms. The van der Waals surface area contributed by atoms with Crippen molar-refractivity contribution in [3.05, 3.63) is 41.5 Å². The Morgan fingerprint density at radius 3 is 2.85 bits per heavy atom. The highest BCUT2D eigenvalue weighted by atomic mass is 15.2. The molecule has 0 radical (unpaired) electrons. The third kappa shape index (κ3) is 2.69. The molecule has 0 amide bonds. The normalized spacial score (nSPS) is 15.7. The van der Waals surface area contributed by atoms with Crippen molar-refractivity contribution in [3.63, 3.8) is 0 Å². The first-order valence-corrected chi connectivity index (χ1v) is 7.43. The second kappa shape index (κ2) is 5.65. The number of nitrogens with one attached hydrogen (secondary N) is 1. The Hall–Kier alpha value is -1.84. The molecule has 1 saturated carbocycles. The van der Waals surface area contributed by atoms with Crippen molar-refractivity contribution < 1.29 is 0 Å². The molecule has 0 bridgehead atoms. The molecule has 2 aromatic rings. The summed E-state index contributed by atoms with van der Waals surface area (Å²) in [4.78, 5) is 8.77. The van der Waals surface area contributed by atoms with E-state index in [1.807, 2.05) is 12.4 Å². The van der Waals surface area contributed by atoms with Gasteiger partial charge in [-0.3, -0.25) is 4.98 Å². The van der Waals surface area contributed by atoms with E-state index in [9.17, 15) is 0 Å². The highest BCUT2D eigenvalue weighted by Gasteiger charge is 2.20. The van der Waals surface area contributed by atoms with Gasteiger partial charge in [0.25, 0.3) is 0 Å². The molecule has 0 spiro atoms. The lowest BCUT2D eigenvalue weighted by Crippen LogP contribution is -2.11. The predicted octanol–water partition coefficient (Wildman–Crippen LogP) is 3.62. The van der Waals surface area contributed by atoms with E-state index in [-0.39, 0.29) is 0 Å². The topological polar surface area (TPSA) is 42.7 Å².